The van der Waals surface area contributed by atoms with Gasteiger partial charge in [0.05, 0.1) is 4.90 Å². The number of hydrogen-bond acceptors (Lipinski definition) is 6. The SMILES string of the molecule is CC(C)c1ccc(S(=O)(=O)N2CCN(c3cc(F)cc4c3CN(C3CCC(=O)NC3=O)C4=O)CC2)cc1. The number of benzene rings is 2. The van der Waals surface area contributed by atoms with Crippen molar-refractivity contribution in [2.24, 2.45) is 0 Å². The highest BCUT2D eigenvalue weighted by Gasteiger charge is 2.41. The number of fused-ring (bicyclic) bond motifs is 1. The molecule has 9 nitrogen and oxygen atoms in total. The molecule has 0 radical (unpaired) electrons. The van der Waals surface area contributed by atoms with Gasteiger partial charge in [-0.15, -0.1) is 0 Å². The normalized spacial score (nSPS) is 21.0. The second-order valence-corrected chi connectivity index (χ2v) is 11.9. The molecule has 37 heavy (non-hydrogen) atoms. The number of anilines is 1. The molecular weight excluding hydrogens is 499 g/mol. The monoisotopic (exact) mass is 528 g/mol. The Balaban J connectivity index is 1.33. The molecule has 0 spiro atoms. The van der Waals surface area contributed by atoms with E-state index < -0.39 is 33.7 Å². The van der Waals surface area contributed by atoms with E-state index in [-0.39, 0.29) is 48.8 Å². The van der Waals surface area contributed by atoms with Crippen LogP contribution in [0.25, 0.3) is 0 Å². The summed E-state index contributed by atoms with van der Waals surface area (Å²) in [6, 6.07) is 8.66. The summed E-state index contributed by atoms with van der Waals surface area (Å²) < 4.78 is 42.4. The van der Waals surface area contributed by atoms with E-state index in [0.717, 1.165) is 5.56 Å². The first-order valence-electron chi connectivity index (χ1n) is 12.4. The molecule has 2 aromatic rings. The third kappa shape index (κ3) is 4.61. The Morgan fingerprint density at radius 3 is 2.30 bits per heavy atom. The number of rotatable bonds is 5. The maximum Gasteiger partial charge on any atom is 0.255 e. The minimum absolute atomic E-state index is 0.122. The number of carbonyl (C=O) groups is 3. The number of nitrogens with zero attached hydrogens (tertiary/aromatic N) is 3. The van der Waals surface area contributed by atoms with Crippen LogP contribution in [0.4, 0.5) is 10.1 Å². The molecule has 2 fully saturated rings. The molecule has 3 amide bonds. The van der Waals surface area contributed by atoms with Gasteiger partial charge in [0.1, 0.15) is 11.9 Å². The first-order valence-corrected chi connectivity index (χ1v) is 13.8. The zero-order valence-electron chi connectivity index (χ0n) is 20.7. The minimum atomic E-state index is -3.67. The van der Waals surface area contributed by atoms with E-state index >= 15 is 0 Å². The second-order valence-electron chi connectivity index (χ2n) is 9.97. The number of hydrogen-bond donors (Lipinski definition) is 1. The van der Waals surface area contributed by atoms with Gasteiger partial charge in [0.25, 0.3) is 5.91 Å². The third-order valence-electron chi connectivity index (χ3n) is 7.36. The summed E-state index contributed by atoms with van der Waals surface area (Å²) in [5, 5.41) is 2.27. The highest BCUT2D eigenvalue weighted by Crippen LogP contribution is 2.36. The molecule has 2 saturated heterocycles. The zero-order chi connectivity index (χ0) is 26.5. The van der Waals surface area contributed by atoms with Crippen LogP contribution in [0.15, 0.2) is 41.3 Å². The standard InChI is InChI=1S/C26H29FN4O5S/c1-16(2)17-3-5-19(6-4-17)37(35,36)30-11-9-29(10-12-30)23-14-18(27)13-20-21(23)15-31(26(20)34)22-7-8-24(32)28-25(22)33/h3-6,13-14,16,22H,7-12,15H2,1-2H3,(H,28,32,33). The van der Waals surface area contributed by atoms with E-state index in [1.807, 2.05) is 30.9 Å². The van der Waals surface area contributed by atoms with Gasteiger partial charge in [0.2, 0.25) is 21.8 Å². The van der Waals surface area contributed by atoms with Crippen molar-refractivity contribution in [2.75, 3.05) is 31.1 Å². The fourth-order valence-electron chi connectivity index (χ4n) is 5.23. The van der Waals surface area contributed by atoms with E-state index in [4.69, 9.17) is 0 Å². The van der Waals surface area contributed by atoms with Gasteiger partial charge >= 0.3 is 0 Å². The molecule has 0 aromatic heterocycles. The van der Waals surface area contributed by atoms with Crippen LogP contribution in [-0.2, 0) is 26.2 Å². The van der Waals surface area contributed by atoms with Gasteiger partial charge in [0, 0.05) is 56.0 Å². The van der Waals surface area contributed by atoms with E-state index in [0.29, 0.717) is 30.3 Å². The van der Waals surface area contributed by atoms with Crippen molar-refractivity contribution in [3.05, 3.63) is 58.9 Å². The molecule has 5 rings (SSSR count). The van der Waals surface area contributed by atoms with E-state index in [1.54, 1.807) is 12.1 Å². The van der Waals surface area contributed by atoms with Crippen molar-refractivity contribution in [1.29, 1.82) is 0 Å². The lowest BCUT2D eigenvalue weighted by Crippen LogP contribution is -2.52. The van der Waals surface area contributed by atoms with Gasteiger partial charge in [-0.2, -0.15) is 4.31 Å². The van der Waals surface area contributed by atoms with Gasteiger partial charge in [-0.3, -0.25) is 19.7 Å². The predicted molar refractivity (Wildman–Crippen MR) is 134 cm³/mol. The molecule has 3 aliphatic rings. The average molecular weight is 529 g/mol. The van der Waals surface area contributed by atoms with Crippen LogP contribution in [0.2, 0.25) is 0 Å². The molecule has 11 heteroatoms. The summed E-state index contributed by atoms with van der Waals surface area (Å²) in [7, 11) is -3.67. The van der Waals surface area contributed by atoms with Crippen molar-refractivity contribution >= 4 is 33.4 Å². The summed E-state index contributed by atoms with van der Waals surface area (Å²) in [6.07, 6.45) is 0.352. The molecule has 0 saturated carbocycles. The van der Waals surface area contributed by atoms with Crippen molar-refractivity contribution in [3.8, 4) is 0 Å². The fraction of sp³-hybridized carbons (Fsp3) is 0.423. The van der Waals surface area contributed by atoms with E-state index in [9.17, 15) is 27.2 Å². The van der Waals surface area contributed by atoms with Gasteiger partial charge in [-0.05, 0) is 42.2 Å². The Morgan fingerprint density at radius 1 is 1.00 bits per heavy atom. The Morgan fingerprint density at radius 2 is 1.68 bits per heavy atom. The number of piperidine rings is 1. The molecule has 1 N–H and O–H groups in total. The molecule has 1 atom stereocenters. The molecule has 2 aromatic carbocycles. The summed E-state index contributed by atoms with van der Waals surface area (Å²) in [5.74, 6) is -1.63. The summed E-state index contributed by atoms with van der Waals surface area (Å²) >= 11 is 0. The van der Waals surface area contributed by atoms with E-state index in [2.05, 4.69) is 5.32 Å². The number of carbonyl (C=O) groups excluding carboxylic acids is 3. The maximum absolute atomic E-state index is 14.6. The number of sulfonamides is 1. The smallest absolute Gasteiger partial charge is 0.255 e. The van der Waals surface area contributed by atoms with Crippen LogP contribution in [0, 0.1) is 5.82 Å². The quantitative estimate of drug-likeness (QED) is 0.597. The molecule has 3 aliphatic heterocycles. The van der Waals surface area contributed by atoms with Gasteiger partial charge in [-0.25, -0.2) is 12.8 Å². The summed E-state index contributed by atoms with van der Waals surface area (Å²) in [4.78, 5) is 40.5. The van der Waals surface area contributed by atoms with Gasteiger partial charge < -0.3 is 9.80 Å². The van der Waals surface area contributed by atoms with Crippen LogP contribution in [0.3, 0.4) is 0 Å². The third-order valence-corrected chi connectivity index (χ3v) is 9.27. The van der Waals surface area contributed by atoms with Crippen molar-refractivity contribution < 1.29 is 27.2 Å². The second kappa shape index (κ2) is 9.53. The summed E-state index contributed by atoms with van der Waals surface area (Å²) in [5.41, 5.74) is 2.39. The van der Waals surface area contributed by atoms with Crippen molar-refractivity contribution in [1.82, 2.24) is 14.5 Å². The Bertz CT molecular complexity index is 1370. The van der Waals surface area contributed by atoms with Crippen LogP contribution in [-0.4, -0.2) is 67.6 Å². The van der Waals surface area contributed by atoms with Gasteiger partial charge in [0.15, 0.2) is 0 Å². The lowest BCUT2D eigenvalue weighted by Gasteiger charge is -2.36. The van der Waals surface area contributed by atoms with Gasteiger partial charge in [-0.1, -0.05) is 26.0 Å². The molecular formula is C26H29FN4O5S. The summed E-state index contributed by atoms with van der Waals surface area (Å²) in [6.45, 7) is 5.29. The number of amides is 3. The maximum atomic E-state index is 14.6. The Labute approximate surface area is 215 Å². The lowest BCUT2D eigenvalue weighted by molar-refractivity contribution is -0.136. The van der Waals surface area contributed by atoms with Crippen LogP contribution < -0.4 is 10.2 Å². The number of piperazine rings is 1. The molecule has 196 valence electrons. The Hall–Kier alpha value is -3.31. The number of nitrogens with one attached hydrogen (secondary N) is 1. The molecule has 0 bridgehead atoms. The number of imide groups is 1. The number of halogens is 1. The van der Waals surface area contributed by atoms with E-state index in [1.165, 1.54) is 21.3 Å². The highest BCUT2D eigenvalue weighted by atomic mass is 32.2. The molecule has 3 heterocycles. The first-order chi connectivity index (χ1) is 17.6. The minimum Gasteiger partial charge on any atom is -0.369 e. The predicted octanol–water partition coefficient (Wildman–Crippen LogP) is 2.22. The lowest BCUT2D eigenvalue weighted by atomic mass is 10.0. The van der Waals surface area contributed by atoms with Crippen molar-refractivity contribution in [2.45, 2.75) is 50.1 Å². The van der Waals surface area contributed by atoms with Crippen molar-refractivity contribution in [3.63, 3.8) is 0 Å². The molecule has 0 aliphatic carbocycles. The van der Waals surface area contributed by atoms with Crippen LogP contribution in [0.1, 0.15) is 54.1 Å². The van der Waals surface area contributed by atoms with Crippen LogP contribution in [0.5, 0.6) is 0 Å². The average Bonchev–Trinajstić information content (AvgIpc) is 3.19. The first kappa shape index (κ1) is 25.3. The molecule has 1 unspecified atom stereocenters. The fourth-order valence-corrected chi connectivity index (χ4v) is 6.65. The largest absolute Gasteiger partial charge is 0.369 e. The Kier molecular flexibility index (Phi) is 6.53. The topological polar surface area (TPSA) is 107 Å². The highest BCUT2D eigenvalue weighted by molar-refractivity contribution is 7.89. The van der Waals surface area contributed by atoms with Crippen LogP contribution >= 0.6 is 0 Å². The zero-order valence-corrected chi connectivity index (χ0v) is 21.6.